The van der Waals surface area contributed by atoms with Crippen molar-refractivity contribution in [3.8, 4) is 0 Å². The number of pyridine rings is 1. The molecular formula is C33H38N6O4S. The van der Waals surface area contributed by atoms with Crippen LogP contribution in [0.15, 0.2) is 84.2 Å². The second-order valence-corrected chi connectivity index (χ2v) is 13.5. The van der Waals surface area contributed by atoms with E-state index in [-0.39, 0.29) is 23.3 Å². The van der Waals surface area contributed by atoms with Gasteiger partial charge in [0.1, 0.15) is 11.9 Å². The molecule has 2 aromatic carbocycles. The number of rotatable bonds is 8. The molecule has 1 fully saturated rings. The van der Waals surface area contributed by atoms with E-state index in [4.69, 9.17) is 0 Å². The number of carbonyl (C=O) groups excluding carboxylic acids is 2. The lowest BCUT2D eigenvalue weighted by Crippen LogP contribution is -2.51. The molecule has 230 valence electrons. The van der Waals surface area contributed by atoms with Gasteiger partial charge in [0.25, 0.3) is 10.0 Å². The first kappa shape index (κ1) is 29.8. The molecule has 3 aliphatic rings. The number of nitrogens with one attached hydrogen (secondary N) is 2. The largest absolute Gasteiger partial charge is 0.354 e. The van der Waals surface area contributed by atoms with Crippen LogP contribution in [-0.4, -0.2) is 66.6 Å². The molecule has 1 aromatic heterocycles. The number of aromatic nitrogens is 1. The van der Waals surface area contributed by atoms with Gasteiger partial charge in [0, 0.05) is 51.3 Å². The standard InChI is InChI=1S/C33H38N6O4S/c1-24-8-11-27(12-9-24)44(42,43)39-16-15-35-33(41)30(39)22-32(40)36-29-6-4-5-26-21-25(10-13-28(26)29)23-37-17-19-38(20-18-37)31-7-2-3-14-34-31/h2-3,7-16,21,29-30H,4-6,17-20,22-23H2,1H3,(H,35,41)(H,36,40)/t29-,30-/m1/s1. The minimum Gasteiger partial charge on any atom is -0.354 e. The van der Waals surface area contributed by atoms with Gasteiger partial charge in [0.2, 0.25) is 11.8 Å². The van der Waals surface area contributed by atoms with Crippen LogP contribution >= 0.6 is 0 Å². The van der Waals surface area contributed by atoms with Gasteiger partial charge in [-0.1, -0.05) is 42.0 Å². The highest BCUT2D eigenvalue weighted by Crippen LogP contribution is 2.31. The number of benzene rings is 2. The Balaban J connectivity index is 1.09. The summed E-state index contributed by atoms with van der Waals surface area (Å²) in [5, 5.41) is 5.65. The highest BCUT2D eigenvalue weighted by atomic mass is 32.2. The molecule has 10 nitrogen and oxygen atoms in total. The van der Waals surface area contributed by atoms with Gasteiger partial charge in [0.15, 0.2) is 0 Å². The first-order valence-corrected chi connectivity index (χ1v) is 16.6. The summed E-state index contributed by atoms with van der Waals surface area (Å²) < 4.78 is 27.8. The molecule has 0 saturated carbocycles. The number of hydrogen-bond acceptors (Lipinski definition) is 7. The third kappa shape index (κ3) is 6.48. The predicted octanol–water partition coefficient (Wildman–Crippen LogP) is 3.26. The molecule has 3 aromatic rings. The predicted molar refractivity (Wildman–Crippen MR) is 168 cm³/mol. The second-order valence-electron chi connectivity index (χ2n) is 11.7. The fourth-order valence-corrected chi connectivity index (χ4v) is 7.70. The molecule has 11 heteroatoms. The van der Waals surface area contributed by atoms with Crippen molar-refractivity contribution in [1.29, 1.82) is 0 Å². The lowest BCUT2D eigenvalue weighted by atomic mass is 9.86. The SMILES string of the molecule is Cc1ccc(S(=O)(=O)N2C=CNC(=O)[C@H]2CC(=O)N[C@@H]2CCCc3cc(CN4CCN(c5ccccn5)CC4)ccc32)cc1. The summed E-state index contributed by atoms with van der Waals surface area (Å²) in [5.41, 5.74) is 4.49. The van der Waals surface area contributed by atoms with Crippen LogP contribution in [0.1, 0.15) is 47.6 Å². The number of amides is 2. The van der Waals surface area contributed by atoms with Crippen LogP contribution in [0.4, 0.5) is 5.82 Å². The van der Waals surface area contributed by atoms with Gasteiger partial charge in [-0.25, -0.2) is 13.4 Å². The van der Waals surface area contributed by atoms with Crippen molar-refractivity contribution in [1.82, 2.24) is 24.8 Å². The van der Waals surface area contributed by atoms with Gasteiger partial charge in [-0.15, -0.1) is 0 Å². The number of nitrogens with zero attached hydrogens (tertiary/aromatic N) is 4. The molecule has 2 amide bonds. The Morgan fingerprint density at radius 3 is 2.59 bits per heavy atom. The number of hydrogen-bond donors (Lipinski definition) is 2. The highest BCUT2D eigenvalue weighted by molar-refractivity contribution is 7.89. The van der Waals surface area contributed by atoms with Crippen molar-refractivity contribution in [3.05, 3.63) is 102 Å². The lowest BCUT2D eigenvalue weighted by molar-refractivity contribution is -0.129. The van der Waals surface area contributed by atoms with Crippen LogP contribution in [0.3, 0.4) is 0 Å². The molecule has 0 radical (unpaired) electrons. The molecule has 0 bridgehead atoms. The zero-order valence-electron chi connectivity index (χ0n) is 24.9. The summed E-state index contributed by atoms with van der Waals surface area (Å²) in [7, 11) is -4.03. The van der Waals surface area contributed by atoms with E-state index in [9.17, 15) is 18.0 Å². The topological polar surface area (TPSA) is 115 Å². The molecule has 2 aliphatic heterocycles. The average Bonchev–Trinajstić information content (AvgIpc) is 3.03. The van der Waals surface area contributed by atoms with Crippen molar-refractivity contribution in [2.45, 2.75) is 56.1 Å². The maximum absolute atomic E-state index is 13.4. The highest BCUT2D eigenvalue weighted by Gasteiger charge is 2.37. The Morgan fingerprint density at radius 1 is 1.05 bits per heavy atom. The van der Waals surface area contributed by atoms with E-state index in [1.54, 1.807) is 12.1 Å². The van der Waals surface area contributed by atoms with Gasteiger partial charge in [0.05, 0.1) is 17.4 Å². The van der Waals surface area contributed by atoms with E-state index in [1.165, 1.54) is 35.7 Å². The smallest absolute Gasteiger partial charge is 0.264 e. The van der Waals surface area contributed by atoms with Gasteiger partial charge in [-0.3, -0.25) is 18.8 Å². The normalized spacial score (nSPS) is 20.6. The molecule has 44 heavy (non-hydrogen) atoms. The van der Waals surface area contributed by atoms with Crippen molar-refractivity contribution in [3.63, 3.8) is 0 Å². The first-order valence-electron chi connectivity index (χ1n) is 15.1. The summed E-state index contributed by atoms with van der Waals surface area (Å²) in [6.45, 7) is 6.55. The maximum Gasteiger partial charge on any atom is 0.264 e. The van der Waals surface area contributed by atoms with Crippen LogP contribution in [0.2, 0.25) is 0 Å². The summed E-state index contributed by atoms with van der Waals surface area (Å²) in [6, 6.07) is 17.6. The van der Waals surface area contributed by atoms with Gasteiger partial charge in [-0.2, -0.15) is 0 Å². The third-order valence-electron chi connectivity index (χ3n) is 8.64. The molecular weight excluding hydrogens is 576 g/mol. The first-order chi connectivity index (χ1) is 21.3. The Morgan fingerprint density at radius 2 is 1.84 bits per heavy atom. The maximum atomic E-state index is 13.4. The fourth-order valence-electron chi connectivity index (χ4n) is 6.25. The van der Waals surface area contributed by atoms with Gasteiger partial charge >= 0.3 is 0 Å². The molecule has 1 aliphatic carbocycles. The number of piperazine rings is 1. The molecule has 1 saturated heterocycles. The van der Waals surface area contributed by atoms with Crippen molar-refractivity contribution < 1.29 is 18.0 Å². The van der Waals surface area contributed by atoms with Crippen LogP contribution in [0.5, 0.6) is 0 Å². The third-order valence-corrected chi connectivity index (χ3v) is 10.4. The molecule has 2 N–H and O–H groups in total. The number of carbonyl (C=O) groups is 2. The Bertz CT molecular complexity index is 1640. The average molecular weight is 615 g/mol. The Labute approximate surface area is 258 Å². The summed E-state index contributed by atoms with van der Waals surface area (Å²) in [4.78, 5) is 35.4. The van der Waals surface area contributed by atoms with Crippen molar-refractivity contribution in [2.75, 3.05) is 31.1 Å². The fraction of sp³-hybridized carbons (Fsp3) is 0.364. The zero-order valence-corrected chi connectivity index (χ0v) is 25.7. The van der Waals surface area contributed by atoms with E-state index >= 15 is 0 Å². The summed E-state index contributed by atoms with van der Waals surface area (Å²) >= 11 is 0. The summed E-state index contributed by atoms with van der Waals surface area (Å²) in [6.07, 6.45) is 6.82. The number of sulfonamides is 1. The minimum absolute atomic E-state index is 0.0694. The van der Waals surface area contributed by atoms with E-state index in [2.05, 4.69) is 49.7 Å². The van der Waals surface area contributed by atoms with E-state index in [1.807, 2.05) is 25.3 Å². The molecule has 2 atom stereocenters. The summed E-state index contributed by atoms with van der Waals surface area (Å²) in [5.74, 6) is 0.125. The number of aryl methyl sites for hydroxylation is 2. The van der Waals surface area contributed by atoms with Gasteiger partial charge in [-0.05, 0) is 67.1 Å². The van der Waals surface area contributed by atoms with Crippen LogP contribution in [0.25, 0.3) is 0 Å². The van der Waals surface area contributed by atoms with E-state index in [0.29, 0.717) is 0 Å². The monoisotopic (exact) mass is 614 g/mol. The Hall–Kier alpha value is -4.22. The molecule has 0 unspecified atom stereocenters. The van der Waals surface area contributed by atoms with Crippen molar-refractivity contribution >= 4 is 27.7 Å². The van der Waals surface area contributed by atoms with Crippen LogP contribution in [0, 0.1) is 6.92 Å². The molecule has 6 rings (SSSR count). The number of anilines is 1. The quantitative estimate of drug-likeness (QED) is 0.400. The molecule has 0 spiro atoms. The van der Waals surface area contributed by atoms with E-state index in [0.717, 1.165) is 73.2 Å². The van der Waals surface area contributed by atoms with Gasteiger partial charge < -0.3 is 15.5 Å². The minimum atomic E-state index is -4.03. The van der Waals surface area contributed by atoms with E-state index < -0.39 is 22.0 Å². The zero-order chi connectivity index (χ0) is 30.7. The second kappa shape index (κ2) is 12.8. The number of fused-ring (bicyclic) bond motifs is 1. The van der Waals surface area contributed by atoms with Crippen LogP contribution in [-0.2, 0) is 32.6 Å². The lowest BCUT2D eigenvalue weighted by Gasteiger charge is -2.35. The Kier molecular flexibility index (Phi) is 8.67. The van der Waals surface area contributed by atoms with Crippen molar-refractivity contribution in [2.24, 2.45) is 0 Å². The van der Waals surface area contributed by atoms with Crippen LogP contribution < -0.4 is 15.5 Å². The molecule has 3 heterocycles.